The van der Waals surface area contributed by atoms with Gasteiger partial charge in [0.25, 0.3) is 0 Å². The first-order valence-corrected chi connectivity index (χ1v) is 7.03. The lowest BCUT2D eigenvalue weighted by Gasteiger charge is -2.26. The molecule has 0 heterocycles. The molecule has 1 amide bonds. The van der Waals surface area contributed by atoms with E-state index in [2.05, 4.69) is 19.2 Å². The van der Waals surface area contributed by atoms with Crippen molar-refractivity contribution in [3.63, 3.8) is 0 Å². The fourth-order valence-electron chi connectivity index (χ4n) is 2.78. The predicted molar refractivity (Wildman–Crippen MR) is 78.2 cm³/mol. The minimum absolute atomic E-state index is 0.00242. The van der Waals surface area contributed by atoms with Crippen LogP contribution in [0.15, 0.2) is 18.2 Å². The Labute approximate surface area is 123 Å². The van der Waals surface area contributed by atoms with Gasteiger partial charge in [-0.2, -0.15) is 0 Å². The van der Waals surface area contributed by atoms with Crippen molar-refractivity contribution in [1.82, 2.24) is 0 Å². The van der Waals surface area contributed by atoms with Gasteiger partial charge in [0.05, 0.1) is 16.3 Å². The summed E-state index contributed by atoms with van der Waals surface area (Å²) in [7, 11) is 0. The lowest BCUT2D eigenvalue weighted by atomic mass is 9.81. The third kappa shape index (κ3) is 2.96. The van der Waals surface area contributed by atoms with Gasteiger partial charge in [0.2, 0.25) is 5.91 Å². The van der Waals surface area contributed by atoms with Gasteiger partial charge in [0, 0.05) is 5.92 Å². The summed E-state index contributed by atoms with van der Waals surface area (Å²) >= 11 is 6.02. The molecule has 1 aromatic rings. The minimum Gasteiger partial charge on any atom is -0.478 e. The summed E-state index contributed by atoms with van der Waals surface area (Å²) in [6, 6.07) is 4.31. The fraction of sp³-hybridized carbons (Fsp3) is 0.467. The van der Waals surface area contributed by atoms with Gasteiger partial charge in [-0.1, -0.05) is 31.9 Å². The molecule has 108 valence electrons. The smallest absolute Gasteiger partial charge is 0.335 e. The summed E-state index contributed by atoms with van der Waals surface area (Å²) in [5.74, 6) is -1.11. The lowest BCUT2D eigenvalue weighted by molar-refractivity contribution is -0.122. The summed E-state index contributed by atoms with van der Waals surface area (Å²) in [6.45, 7) is 4.19. The van der Waals surface area contributed by atoms with Gasteiger partial charge in [-0.15, -0.1) is 0 Å². The highest BCUT2D eigenvalue weighted by Gasteiger charge is 2.39. The summed E-state index contributed by atoms with van der Waals surface area (Å²) in [5, 5.41) is 11.9. The van der Waals surface area contributed by atoms with Gasteiger partial charge in [0.15, 0.2) is 0 Å². The van der Waals surface area contributed by atoms with Crippen molar-refractivity contribution in [2.45, 2.75) is 33.1 Å². The summed E-state index contributed by atoms with van der Waals surface area (Å²) in [4.78, 5) is 23.2. The zero-order valence-corrected chi connectivity index (χ0v) is 12.3. The number of hydrogen-bond acceptors (Lipinski definition) is 2. The van der Waals surface area contributed by atoms with E-state index in [-0.39, 0.29) is 27.8 Å². The number of amides is 1. The number of hydrogen-bond donors (Lipinski definition) is 2. The second-order valence-corrected chi connectivity index (χ2v) is 6.33. The highest BCUT2D eigenvalue weighted by Crippen LogP contribution is 2.43. The van der Waals surface area contributed by atoms with E-state index in [0.717, 1.165) is 19.3 Å². The Kier molecular flexibility index (Phi) is 4.04. The summed E-state index contributed by atoms with van der Waals surface area (Å²) < 4.78 is 0. The van der Waals surface area contributed by atoms with Crippen LogP contribution in [0.25, 0.3) is 0 Å². The maximum Gasteiger partial charge on any atom is 0.335 e. The van der Waals surface area contributed by atoms with E-state index in [0.29, 0.717) is 5.69 Å². The third-order valence-electron chi connectivity index (χ3n) is 4.05. The molecule has 1 atom stereocenters. The molecule has 1 fully saturated rings. The maximum absolute atomic E-state index is 12.3. The summed E-state index contributed by atoms with van der Waals surface area (Å²) in [5.41, 5.74) is 0.566. The Morgan fingerprint density at radius 3 is 2.60 bits per heavy atom. The van der Waals surface area contributed by atoms with Crippen LogP contribution in [0.5, 0.6) is 0 Å². The Morgan fingerprint density at radius 1 is 1.40 bits per heavy atom. The quantitative estimate of drug-likeness (QED) is 0.891. The molecule has 0 aromatic heterocycles. The SMILES string of the molecule is CC1(C)CCCC1C(=O)Nc1ccc(C(=O)O)cc1Cl. The molecule has 4 nitrogen and oxygen atoms in total. The van der Waals surface area contributed by atoms with Gasteiger partial charge in [-0.05, 0) is 36.5 Å². The molecule has 5 heteroatoms. The van der Waals surface area contributed by atoms with Gasteiger partial charge in [-0.25, -0.2) is 4.79 Å². The molecule has 1 aliphatic rings. The Hall–Kier alpha value is -1.55. The molecule has 2 N–H and O–H groups in total. The zero-order valence-electron chi connectivity index (χ0n) is 11.6. The number of carboxylic acids is 1. The normalized spacial score (nSPS) is 20.6. The first-order chi connectivity index (χ1) is 9.31. The van der Waals surface area contributed by atoms with E-state index in [1.807, 2.05) is 0 Å². The van der Waals surface area contributed by atoms with E-state index in [1.165, 1.54) is 18.2 Å². The Morgan fingerprint density at radius 2 is 2.10 bits per heavy atom. The van der Waals surface area contributed by atoms with Crippen LogP contribution in [0.4, 0.5) is 5.69 Å². The van der Waals surface area contributed by atoms with Crippen LogP contribution in [-0.2, 0) is 4.79 Å². The minimum atomic E-state index is -1.04. The molecule has 0 spiro atoms. The molecule has 0 radical (unpaired) electrons. The zero-order chi connectivity index (χ0) is 14.9. The molecule has 0 saturated heterocycles. The van der Waals surface area contributed by atoms with Crippen molar-refractivity contribution in [3.8, 4) is 0 Å². The number of carboxylic acid groups (broad SMARTS) is 1. The second-order valence-electron chi connectivity index (χ2n) is 5.92. The van der Waals surface area contributed by atoms with Gasteiger partial charge < -0.3 is 10.4 Å². The van der Waals surface area contributed by atoms with Crippen LogP contribution in [-0.4, -0.2) is 17.0 Å². The Bertz CT molecular complexity index is 554. The fourth-order valence-corrected chi connectivity index (χ4v) is 3.01. The van der Waals surface area contributed by atoms with Crippen LogP contribution in [0.1, 0.15) is 43.5 Å². The Balaban J connectivity index is 2.14. The molecule has 0 bridgehead atoms. The van der Waals surface area contributed by atoms with E-state index in [9.17, 15) is 9.59 Å². The topological polar surface area (TPSA) is 66.4 Å². The molecule has 20 heavy (non-hydrogen) atoms. The largest absolute Gasteiger partial charge is 0.478 e. The van der Waals surface area contributed by atoms with Crippen LogP contribution in [0.2, 0.25) is 5.02 Å². The highest BCUT2D eigenvalue weighted by atomic mass is 35.5. The van der Waals surface area contributed by atoms with Gasteiger partial charge in [0.1, 0.15) is 0 Å². The summed E-state index contributed by atoms with van der Waals surface area (Å²) in [6.07, 6.45) is 2.97. The average Bonchev–Trinajstić information content (AvgIpc) is 2.71. The number of rotatable bonds is 3. The van der Waals surface area contributed by atoms with E-state index in [4.69, 9.17) is 16.7 Å². The average molecular weight is 296 g/mol. The molecule has 1 aromatic carbocycles. The van der Waals surface area contributed by atoms with Crippen molar-refractivity contribution in [3.05, 3.63) is 28.8 Å². The van der Waals surface area contributed by atoms with Gasteiger partial charge >= 0.3 is 5.97 Å². The first kappa shape index (κ1) is 14.9. The lowest BCUT2D eigenvalue weighted by Crippen LogP contribution is -2.30. The molecule has 1 aliphatic carbocycles. The second kappa shape index (κ2) is 5.44. The van der Waals surface area contributed by atoms with Crippen molar-refractivity contribution in [2.24, 2.45) is 11.3 Å². The van der Waals surface area contributed by atoms with Crippen LogP contribution in [0, 0.1) is 11.3 Å². The molecule has 2 rings (SSSR count). The number of anilines is 1. The van der Waals surface area contributed by atoms with E-state index < -0.39 is 5.97 Å². The number of carbonyl (C=O) groups is 2. The van der Waals surface area contributed by atoms with E-state index >= 15 is 0 Å². The van der Waals surface area contributed by atoms with Crippen LogP contribution < -0.4 is 5.32 Å². The van der Waals surface area contributed by atoms with Crippen molar-refractivity contribution < 1.29 is 14.7 Å². The molecule has 1 saturated carbocycles. The number of carbonyl (C=O) groups excluding carboxylic acids is 1. The molecular formula is C15H18ClNO3. The number of benzene rings is 1. The maximum atomic E-state index is 12.3. The van der Waals surface area contributed by atoms with Crippen molar-refractivity contribution >= 4 is 29.2 Å². The van der Waals surface area contributed by atoms with Crippen molar-refractivity contribution in [2.75, 3.05) is 5.32 Å². The molecule has 0 aliphatic heterocycles. The molecule has 1 unspecified atom stereocenters. The van der Waals surface area contributed by atoms with Crippen LogP contribution in [0.3, 0.4) is 0 Å². The number of nitrogens with one attached hydrogen (secondary N) is 1. The number of halogens is 1. The van der Waals surface area contributed by atoms with Crippen molar-refractivity contribution in [1.29, 1.82) is 0 Å². The van der Waals surface area contributed by atoms with Crippen LogP contribution >= 0.6 is 11.6 Å². The first-order valence-electron chi connectivity index (χ1n) is 6.65. The monoisotopic (exact) mass is 295 g/mol. The third-order valence-corrected chi connectivity index (χ3v) is 4.36. The standard InChI is InChI=1S/C15H18ClNO3/c1-15(2)7-3-4-10(15)13(18)17-12-6-5-9(14(19)20)8-11(12)16/h5-6,8,10H,3-4,7H2,1-2H3,(H,17,18)(H,19,20). The molecular weight excluding hydrogens is 278 g/mol. The predicted octanol–water partition coefficient (Wildman–Crippen LogP) is 3.80. The van der Waals surface area contributed by atoms with Gasteiger partial charge in [-0.3, -0.25) is 4.79 Å². The highest BCUT2D eigenvalue weighted by molar-refractivity contribution is 6.34. The van der Waals surface area contributed by atoms with E-state index in [1.54, 1.807) is 0 Å². The number of aromatic carboxylic acids is 1.